The van der Waals surface area contributed by atoms with Crippen molar-refractivity contribution in [3.05, 3.63) is 42.0 Å². The van der Waals surface area contributed by atoms with E-state index in [9.17, 15) is 9.59 Å². The van der Waals surface area contributed by atoms with E-state index in [1.165, 1.54) is 11.3 Å². The Labute approximate surface area is 95.8 Å². The smallest absolute Gasteiger partial charge is 0.299 e. The molecule has 1 aromatic heterocycles. The first-order valence-corrected chi connectivity index (χ1v) is 4.98. The van der Waals surface area contributed by atoms with E-state index in [2.05, 4.69) is 14.7 Å². The molecule has 17 heavy (non-hydrogen) atoms. The molecule has 1 aromatic carbocycles. The van der Waals surface area contributed by atoms with Crippen LogP contribution in [0.1, 0.15) is 16.2 Å². The summed E-state index contributed by atoms with van der Waals surface area (Å²) in [6.07, 6.45) is 1.18. The lowest BCUT2D eigenvalue weighted by molar-refractivity contribution is -0.114. The van der Waals surface area contributed by atoms with Gasteiger partial charge in [0.05, 0.1) is 17.8 Å². The summed E-state index contributed by atoms with van der Waals surface area (Å²) in [6, 6.07) is 6.85. The van der Waals surface area contributed by atoms with Gasteiger partial charge in [-0.25, -0.2) is 0 Å². The summed E-state index contributed by atoms with van der Waals surface area (Å²) in [7, 11) is 0. The van der Waals surface area contributed by atoms with Crippen molar-refractivity contribution in [3.63, 3.8) is 0 Å². The SMILES string of the molecule is O=C1C(=O)N(Cc2ncon2)c2ccccc21. The monoisotopic (exact) mass is 229 g/mol. The number of carbonyl (C=O) groups is 2. The standard InChI is InChI=1S/C11H7N3O3/c15-10-7-3-1-2-4-8(7)14(11(10)16)5-9-12-6-17-13-9/h1-4,6H,5H2. The highest BCUT2D eigenvalue weighted by atomic mass is 16.5. The molecular weight excluding hydrogens is 222 g/mol. The summed E-state index contributed by atoms with van der Waals surface area (Å²) in [5.41, 5.74) is 1.01. The van der Waals surface area contributed by atoms with Gasteiger partial charge in [0, 0.05) is 0 Å². The minimum absolute atomic E-state index is 0.137. The van der Waals surface area contributed by atoms with Crippen LogP contribution >= 0.6 is 0 Å². The Balaban J connectivity index is 2.01. The molecule has 0 saturated carbocycles. The molecule has 0 unspecified atom stereocenters. The summed E-state index contributed by atoms with van der Waals surface area (Å²) in [4.78, 5) is 28.6. The van der Waals surface area contributed by atoms with Gasteiger partial charge in [-0.15, -0.1) is 0 Å². The molecule has 6 nitrogen and oxygen atoms in total. The Morgan fingerprint density at radius 3 is 2.82 bits per heavy atom. The predicted molar refractivity (Wildman–Crippen MR) is 56.3 cm³/mol. The second-order valence-corrected chi connectivity index (χ2v) is 3.59. The molecule has 2 heterocycles. The van der Waals surface area contributed by atoms with E-state index in [4.69, 9.17) is 0 Å². The maximum Gasteiger partial charge on any atom is 0.299 e. The van der Waals surface area contributed by atoms with Crippen molar-refractivity contribution in [1.29, 1.82) is 0 Å². The highest BCUT2D eigenvalue weighted by Gasteiger charge is 2.35. The van der Waals surface area contributed by atoms with Crippen LogP contribution in [0.15, 0.2) is 35.2 Å². The third kappa shape index (κ3) is 1.42. The lowest BCUT2D eigenvalue weighted by atomic mass is 10.1. The van der Waals surface area contributed by atoms with Crippen LogP contribution in [0.25, 0.3) is 0 Å². The Bertz CT molecular complexity index is 592. The highest BCUT2D eigenvalue weighted by Crippen LogP contribution is 2.29. The van der Waals surface area contributed by atoms with Crippen molar-refractivity contribution in [2.75, 3.05) is 4.90 Å². The van der Waals surface area contributed by atoms with E-state index in [0.29, 0.717) is 17.1 Å². The molecule has 0 fully saturated rings. The number of hydrogen-bond donors (Lipinski definition) is 0. The summed E-state index contributed by atoms with van der Waals surface area (Å²) in [6.45, 7) is 0.137. The van der Waals surface area contributed by atoms with Crippen LogP contribution in [0.2, 0.25) is 0 Å². The average Bonchev–Trinajstić information content (AvgIpc) is 2.94. The van der Waals surface area contributed by atoms with Gasteiger partial charge in [-0.2, -0.15) is 4.98 Å². The van der Waals surface area contributed by atoms with Crippen molar-refractivity contribution in [1.82, 2.24) is 10.1 Å². The van der Waals surface area contributed by atoms with Gasteiger partial charge >= 0.3 is 0 Å². The highest BCUT2D eigenvalue weighted by molar-refractivity contribution is 6.52. The molecule has 0 atom stereocenters. The lowest BCUT2D eigenvalue weighted by Gasteiger charge is -2.13. The zero-order valence-electron chi connectivity index (χ0n) is 8.66. The number of benzene rings is 1. The number of carbonyl (C=O) groups excluding carboxylic acids is 2. The first-order chi connectivity index (χ1) is 8.27. The normalized spacial score (nSPS) is 14.2. The quantitative estimate of drug-likeness (QED) is 0.712. The van der Waals surface area contributed by atoms with Gasteiger partial charge in [-0.05, 0) is 12.1 Å². The molecule has 0 spiro atoms. The van der Waals surface area contributed by atoms with Gasteiger partial charge in [0.2, 0.25) is 6.39 Å². The number of aromatic nitrogens is 2. The van der Waals surface area contributed by atoms with E-state index >= 15 is 0 Å². The van der Waals surface area contributed by atoms with Crippen LogP contribution in [0, 0.1) is 0 Å². The van der Waals surface area contributed by atoms with Gasteiger partial charge in [-0.1, -0.05) is 17.3 Å². The maximum absolute atomic E-state index is 11.8. The molecule has 0 aliphatic carbocycles. The second kappa shape index (κ2) is 3.51. The van der Waals surface area contributed by atoms with Crippen LogP contribution in [-0.4, -0.2) is 21.8 Å². The van der Waals surface area contributed by atoms with Crippen LogP contribution in [-0.2, 0) is 11.3 Å². The number of nitrogens with zero attached hydrogens (tertiary/aromatic N) is 3. The average molecular weight is 229 g/mol. The molecule has 0 saturated heterocycles. The number of amides is 1. The van der Waals surface area contributed by atoms with Crippen molar-refractivity contribution >= 4 is 17.4 Å². The predicted octanol–water partition coefficient (Wildman–Crippen LogP) is 0.799. The molecule has 1 aliphatic rings. The van der Waals surface area contributed by atoms with Crippen molar-refractivity contribution in [2.24, 2.45) is 0 Å². The van der Waals surface area contributed by atoms with Gasteiger partial charge in [0.15, 0.2) is 5.82 Å². The maximum atomic E-state index is 11.8. The number of para-hydroxylation sites is 1. The zero-order valence-corrected chi connectivity index (χ0v) is 8.66. The first kappa shape index (κ1) is 9.71. The van der Waals surface area contributed by atoms with Crippen LogP contribution in [0.4, 0.5) is 5.69 Å². The minimum atomic E-state index is -0.559. The molecule has 0 bridgehead atoms. The topological polar surface area (TPSA) is 76.3 Å². The third-order valence-electron chi connectivity index (χ3n) is 2.59. The molecule has 2 aromatic rings. The number of anilines is 1. The third-order valence-corrected chi connectivity index (χ3v) is 2.59. The summed E-state index contributed by atoms with van der Waals surface area (Å²) in [5.74, 6) is -0.692. The Morgan fingerprint density at radius 1 is 1.24 bits per heavy atom. The fraction of sp³-hybridized carbons (Fsp3) is 0.0909. The number of rotatable bonds is 2. The Hall–Kier alpha value is -2.50. The van der Waals surface area contributed by atoms with Crippen LogP contribution < -0.4 is 4.90 Å². The zero-order chi connectivity index (χ0) is 11.8. The Kier molecular flexibility index (Phi) is 2.01. The van der Waals surface area contributed by atoms with Crippen LogP contribution in [0.3, 0.4) is 0 Å². The molecule has 3 rings (SSSR count). The summed E-state index contributed by atoms with van der Waals surface area (Å²) in [5, 5.41) is 3.62. The number of hydrogen-bond acceptors (Lipinski definition) is 5. The fourth-order valence-electron chi connectivity index (χ4n) is 1.81. The molecular formula is C11H7N3O3. The molecule has 84 valence electrons. The molecule has 0 radical (unpaired) electrons. The lowest BCUT2D eigenvalue weighted by Crippen LogP contribution is -2.29. The largest absolute Gasteiger partial charge is 0.343 e. The van der Waals surface area contributed by atoms with E-state index in [0.717, 1.165) is 0 Å². The van der Waals surface area contributed by atoms with Gasteiger partial charge < -0.3 is 4.52 Å². The van der Waals surface area contributed by atoms with E-state index in [1.807, 2.05) is 0 Å². The molecule has 1 amide bonds. The minimum Gasteiger partial charge on any atom is -0.343 e. The van der Waals surface area contributed by atoms with Crippen LogP contribution in [0.5, 0.6) is 0 Å². The molecule has 1 aliphatic heterocycles. The number of ketones is 1. The van der Waals surface area contributed by atoms with Crippen molar-refractivity contribution in [3.8, 4) is 0 Å². The van der Waals surface area contributed by atoms with Crippen molar-refractivity contribution < 1.29 is 14.1 Å². The van der Waals surface area contributed by atoms with Gasteiger partial charge in [0.1, 0.15) is 0 Å². The molecule has 0 N–H and O–H groups in total. The van der Waals surface area contributed by atoms with E-state index in [-0.39, 0.29) is 6.54 Å². The van der Waals surface area contributed by atoms with Gasteiger partial charge in [-0.3, -0.25) is 14.5 Å². The summed E-state index contributed by atoms with van der Waals surface area (Å²) >= 11 is 0. The Morgan fingerprint density at radius 2 is 2.06 bits per heavy atom. The van der Waals surface area contributed by atoms with E-state index in [1.54, 1.807) is 24.3 Å². The fourth-order valence-corrected chi connectivity index (χ4v) is 1.81. The summed E-state index contributed by atoms with van der Waals surface area (Å²) < 4.78 is 4.59. The number of fused-ring (bicyclic) bond motifs is 1. The number of Topliss-reactive ketones (excluding diaryl/α,β-unsaturated/α-hetero) is 1. The second-order valence-electron chi connectivity index (χ2n) is 3.59. The first-order valence-electron chi connectivity index (χ1n) is 4.98. The van der Waals surface area contributed by atoms with Crippen molar-refractivity contribution in [2.45, 2.75) is 6.54 Å². The molecule has 6 heteroatoms. The van der Waals surface area contributed by atoms with E-state index < -0.39 is 11.7 Å². The van der Waals surface area contributed by atoms with Gasteiger partial charge in [0.25, 0.3) is 11.7 Å².